The van der Waals surface area contributed by atoms with E-state index in [2.05, 4.69) is 0 Å². The Kier molecular flexibility index (Phi) is 4.76. The van der Waals surface area contributed by atoms with E-state index in [1.54, 1.807) is 6.07 Å². The maximum atomic E-state index is 13.2. The van der Waals surface area contributed by atoms with Crippen LogP contribution in [0.1, 0.15) is 44.6 Å². The molecule has 1 heterocycles. The minimum atomic E-state index is -0.251. The normalized spacial score (nSPS) is 24.5. The quantitative estimate of drug-likeness (QED) is 0.924. The number of halogens is 1. The van der Waals surface area contributed by atoms with Crippen molar-refractivity contribution in [2.45, 2.75) is 51.1 Å². The molecule has 0 bridgehead atoms. The van der Waals surface area contributed by atoms with Crippen LogP contribution in [0.2, 0.25) is 0 Å². The van der Waals surface area contributed by atoms with Gasteiger partial charge in [0.05, 0.1) is 0 Å². The summed E-state index contributed by atoms with van der Waals surface area (Å²) in [5, 5.41) is 0. The minimum absolute atomic E-state index is 0.0287. The number of nitrogens with two attached hydrogens (primary N) is 1. The zero-order valence-electron chi connectivity index (χ0n) is 12.2. The number of carbonyl (C=O) groups is 1. The van der Waals surface area contributed by atoms with Crippen molar-refractivity contribution in [3.8, 4) is 0 Å². The van der Waals surface area contributed by atoms with Crippen LogP contribution in [0.3, 0.4) is 0 Å². The van der Waals surface area contributed by atoms with Crippen molar-refractivity contribution in [2.75, 3.05) is 6.54 Å². The summed E-state index contributed by atoms with van der Waals surface area (Å²) in [6.45, 7) is 4.74. The second kappa shape index (κ2) is 6.35. The van der Waals surface area contributed by atoms with Crippen LogP contribution in [0.5, 0.6) is 0 Å². The largest absolute Gasteiger partial charge is 0.340 e. The Morgan fingerprint density at radius 1 is 1.55 bits per heavy atom. The van der Waals surface area contributed by atoms with Gasteiger partial charge in [-0.2, -0.15) is 0 Å². The fourth-order valence-electron chi connectivity index (χ4n) is 2.89. The number of hydrogen-bond donors (Lipinski definition) is 1. The summed E-state index contributed by atoms with van der Waals surface area (Å²) < 4.78 is 13.2. The van der Waals surface area contributed by atoms with Crippen molar-refractivity contribution < 1.29 is 9.18 Å². The summed E-state index contributed by atoms with van der Waals surface area (Å²) in [5.74, 6) is -0.0822. The van der Waals surface area contributed by atoms with Gasteiger partial charge in [0.15, 0.2) is 0 Å². The molecule has 1 amide bonds. The first kappa shape index (κ1) is 15.0. The standard InChI is InChI=1S/C16H23FN2O/c1-11(13-4-3-5-14(17)10-13)8-16(20)19-7-6-15(18)9-12(19)2/h3-5,10-12,15H,6-9,18H2,1-2H3. The van der Waals surface area contributed by atoms with Crippen molar-refractivity contribution in [3.63, 3.8) is 0 Å². The maximum Gasteiger partial charge on any atom is 0.223 e. The molecule has 1 aliphatic heterocycles. The minimum Gasteiger partial charge on any atom is -0.340 e. The number of rotatable bonds is 3. The lowest BCUT2D eigenvalue weighted by atomic mass is 9.94. The van der Waals surface area contributed by atoms with Crippen LogP contribution in [-0.4, -0.2) is 29.4 Å². The lowest BCUT2D eigenvalue weighted by Gasteiger charge is -2.37. The Hall–Kier alpha value is -1.42. The van der Waals surface area contributed by atoms with E-state index in [0.29, 0.717) is 6.42 Å². The molecule has 1 aromatic carbocycles. The number of benzene rings is 1. The fourth-order valence-corrected chi connectivity index (χ4v) is 2.89. The molecule has 0 aliphatic carbocycles. The first-order chi connectivity index (χ1) is 9.47. The van der Waals surface area contributed by atoms with Gasteiger partial charge < -0.3 is 10.6 Å². The Labute approximate surface area is 120 Å². The highest BCUT2D eigenvalue weighted by Gasteiger charge is 2.27. The summed E-state index contributed by atoms with van der Waals surface area (Å²) in [5.41, 5.74) is 6.79. The Balaban J connectivity index is 1.97. The molecule has 0 saturated carbocycles. The fraction of sp³-hybridized carbons (Fsp3) is 0.562. The predicted octanol–water partition coefficient (Wildman–Crippen LogP) is 2.66. The van der Waals surface area contributed by atoms with E-state index in [1.165, 1.54) is 12.1 Å². The third-order valence-corrected chi connectivity index (χ3v) is 4.14. The second-order valence-electron chi connectivity index (χ2n) is 5.88. The van der Waals surface area contributed by atoms with Gasteiger partial charge in [-0.3, -0.25) is 4.79 Å². The monoisotopic (exact) mass is 278 g/mol. The molecule has 1 fully saturated rings. The average Bonchev–Trinajstić information content (AvgIpc) is 2.38. The van der Waals surface area contributed by atoms with Crippen LogP contribution >= 0.6 is 0 Å². The number of carbonyl (C=O) groups excluding carboxylic acids is 1. The smallest absolute Gasteiger partial charge is 0.223 e. The van der Waals surface area contributed by atoms with Crippen LogP contribution in [0, 0.1) is 5.82 Å². The first-order valence-electron chi connectivity index (χ1n) is 7.28. The van der Waals surface area contributed by atoms with E-state index >= 15 is 0 Å². The molecular formula is C16H23FN2O. The van der Waals surface area contributed by atoms with Gasteiger partial charge in [-0.05, 0) is 43.4 Å². The van der Waals surface area contributed by atoms with Crippen LogP contribution in [0.25, 0.3) is 0 Å². The summed E-state index contributed by atoms with van der Waals surface area (Å²) in [7, 11) is 0. The SMILES string of the molecule is CC(CC(=O)N1CCC(N)CC1C)c1cccc(F)c1. The van der Waals surface area contributed by atoms with Gasteiger partial charge in [-0.25, -0.2) is 4.39 Å². The van der Waals surface area contributed by atoms with Gasteiger partial charge in [0.2, 0.25) is 5.91 Å². The van der Waals surface area contributed by atoms with Gasteiger partial charge in [0.25, 0.3) is 0 Å². The van der Waals surface area contributed by atoms with E-state index < -0.39 is 0 Å². The van der Waals surface area contributed by atoms with Crippen LogP contribution in [0.15, 0.2) is 24.3 Å². The zero-order chi connectivity index (χ0) is 14.7. The molecule has 20 heavy (non-hydrogen) atoms. The number of likely N-dealkylation sites (tertiary alicyclic amines) is 1. The zero-order valence-corrected chi connectivity index (χ0v) is 12.2. The van der Waals surface area contributed by atoms with Gasteiger partial charge in [-0.15, -0.1) is 0 Å². The Morgan fingerprint density at radius 3 is 2.95 bits per heavy atom. The predicted molar refractivity (Wildman–Crippen MR) is 77.8 cm³/mol. The number of hydrogen-bond acceptors (Lipinski definition) is 2. The second-order valence-corrected chi connectivity index (χ2v) is 5.88. The maximum absolute atomic E-state index is 13.2. The van der Waals surface area contributed by atoms with E-state index in [-0.39, 0.29) is 29.7 Å². The molecule has 1 saturated heterocycles. The average molecular weight is 278 g/mol. The Bertz CT molecular complexity index is 477. The van der Waals surface area contributed by atoms with E-state index in [4.69, 9.17) is 5.73 Å². The van der Waals surface area contributed by atoms with E-state index in [1.807, 2.05) is 24.8 Å². The van der Waals surface area contributed by atoms with Crippen molar-refractivity contribution >= 4 is 5.91 Å². The molecule has 0 radical (unpaired) electrons. The lowest BCUT2D eigenvalue weighted by molar-refractivity contribution is -0.134. The van der Waals surface area contributed by atoms with Crippen molar-refractivity contribution in [3.05, 3.63) is 35.6 Å². The van der Waals surface area contributed by atoms with Gasteiger partial charge in [-0.1, -0.05) is 19.1 Å². The molecule has 1 aliphatic rings. The van der Waals surface area contributed by atoms with Crippen molar-refractivity contribution in [1.82, 2.24) is 4.90 Å². The Morgan fingerprint density at radius 2 is 2.30 bits per heavy atom. The van der Waals surface area contributed by atoms with Crippen LogP contribution in [-0.2, 0) is 4.79 Å². The number of piperidine rings is 1. The summed E-state index contributed by atoms with van der Waals surface area (Å²) >= 11 is 0. The third kappa shape index (κ3) is 3.57. The molecule has 0 aromatic heterocycles. The third-order valence-electron chi connectivity index (χ3n) is 4.14. The molecule has 3 nitrogen and oxygen atoms in total. The van der Waals surface area contributed by atoms with Crippen molar-refractivity contribution in [2.24, 2.45) is 5.73 Å². The molecule has 110 valence electrons. The van der Waals surface area contributed by atoms with Gasteiger partial charge in [0.1, 0.15) is 5.82 Å². The molecule has 3 unspecified atom stereocenters. The summed E-state index contributed by atoms with van der Waals surface area (Å²) in [4.78, 5) is 14.3. The lowest BCUT2D eigenvalue weighted by Crippen LogP contribution is -2.48. The molecule has 3 atom stereocenters. The highest BCUT2D eigenvalue weighted by molar-refractivity contribution is 5.77. The first-order valence-corrected chi connectivity index (χ1v) is 7.28. The molecule has 2 rings (SSSR count). The highest BCUT2D eigenvalue weighted by Crippen LogP contribution is 2.23. The van der Waals surface area contributed by atoms with Crippen LogP contribution < -0.4 is 5.73 Å². The topological polar surface area (TPSA) is 46.3 Å². The number of amides is 1. The van der Waals surface area contributed by atoms with Crippen molar-refractivity contribution in [1.29, 1.82) is 0 Å². The van der Waals surface area contributed by atoms with E-state index in [0.717, 1.165) is 24.9 Å². The van der Waals surface area contributed by atoms with Gasteiger partial charge >= 0.3 is 0 Å². The number of nitrogens with zero attached hydrogens (tertiary/aromatic N) is 1. The van der Waals surface area contributed by atoms with Crippen LogP contribution in [0.4, 0.5) is 4.39 Å². The molecule has 0 spiro atoms. The molecular weight excluding hydrogens is 255 g/mol. The van der Waals surface area contributed by atoms with Gasteiger partial charge in [0, 0.05) is 25.0 Å². The summed E-state index contributed by atoms with van der Waals surface area (Å²) in [6.07, 6.45) is 2.15. The molecule has 2 N–H and O–H groups in total. The van der Waals surface area contributed by atoms with E-state index in [9.17, 15) is 9.18 Å². The summed E-state index contributed by atoms with van der Waals surface area (Å²) in [6, 6.07) is 6.89. The molecule has 1 aromatic rings. The molecule has 4 heteroatoms. The highest BCUT2D eigenvalue weighted by atomic mass is 19.1.